The van der Waals surface area contributed by atoms with Crippen LogP contribution in [0, 0.1) is 0 Å². The molecule has 0 saturated heterocycles. The Balaban J connectivity index is 2.60. The molecule has 17 heavy (non-hydrogen) atoms. The van der Waals surface area contributed by atoms with Gasteiger partial charge in [0.25, 0.3) is 0 Å². The zero-order valence-electron chi connectivity index (χ0n) is 10.4. The summed E-state index contributed by atoms with van der Waals surface area (Å²) in [6.07, 6.45) is 0. The van der Waals surface area contributed by atoms with Crippen LogP contribution >= 0.6 is 11.6 Å². The SMILES string of the molecule is COc1ccc(CNC/C(C)=C/Cl)cc1OC. The van der Waals surface area contributed by atoms with Gasteiger partial charge in [0.1, 0.15) is 0 Å². The van der Waals surface area contributed by atoms with Gasteiger partial charge in [-0.3, -0.25) is 0 Å². The van der Waals surface area contributed by atoms with Crippen LogP contribution in [0.5, 0.6) is 11.5 Å². The Bertz CT molecular complexity index is 391. The van der Waals surface area contributed by atoms with Crippen LogP contribution in [0.25, 0.3) is 0 Å². The van der Waals surface area contributed by atoms with Crippen LogP contribution in [0.15, 0.2) is 29.3 Å². The van der Waals surface area contributed by atoms with E-state index in [0.29, 0.717) is 0 Å². The van der Waals surface area contributed by atoms with E-state index in [4.69, 9.17) is 21.1 Å². The summed E-state index contributed by atoms with van der Waals surface area (Å²) >= 11 is 5.58. The number of rotatable bonds is 6. The van der Waals surface area contributed by atoms with Crippen LogP contribution in [0.3, 0.4) is 0 Å². The number of methoxy groups -OCH3 is 2. The maximum atomic E-state index is 5.58. The van der Waals surface area contributed by atoms with Gasteiger partial charge in [-0.05, 0) is 30.2 Å². The molecule has 94 valence electrons. The number of hydrogen-bond donors (Lipinski definition) is 1. The van der Waals surface area contributed by atoms with Crippen LogP contribution in [0.4, 0.5) is 0 Å². The first-order valence-electron chi connectivity index (χ1n) is 5.38. The summed E-state index contributed by atoms with van der Waals surface area (Å²) in [4.78, 5) is 0. The Kier molecular flexibility index (Phi) is 5.87. The molecule has 0 heterocycles. The van der Waals surface area contributed by atoms with Crippen LogP contribution in [0.2, 0.25) is 0 Å². The van der Waals surface area contributed by atoms with Crippen molar-refractivity contribution in [3.05, 3.63) is 34.9 Å². The minimum atomic E-state index is 0.744. The van der Waals surface area contributed by atoms with E-state index < -0.39 is 0 Å². The molecule has 0 bridgehead atoms. The normalized spacial score (nSPS) is 11.4. The Morgan fingerprint density at radius 3 is 2.59 bits per heavy atom. The summed E-state index contributed by atoms with van der Waals surface area (Å²) in [7, 11) is 3.26. The first-order chi connectivity index (χ1) is 8.21. The highest BCUT2D eigenvalue weighted by Gasteiger charge is 2.03. The van der Waals surface area contributed by atoms with Gasteiger partial charge in [0, 0.05) is 18.6 Å². The molecule has 0 aliphatic rings. The molecule has 1 N–H and O–H groups in total. The zero-order valence-corrected chi connectivity index (χ0v) is 11.2. The van der Waals surface area contributed by atoms with Gasteiger partial charge in [-0.15, -0.1) is 0 Å². The van der Waals surface area contributed by atoms with Gasteiger partial charge in [-0.2, -0.15) is 0 Å². The second-order valence-corrected chi connectivity index (χ2v) is 3.97. The highest BCUT2D eigenvalue weighted by Crippen LogP contribution is 2.27. The average Bonchev–Trinajstić information content (AvgIpc) is 2.38. The van der Waals surface area contributed by atoms with E-state index in [9.17, 15) is 0 Å². The van der Waals surface area contributed by atoms with Gasteiger partial charge in [0.15, 0.2) is 11.5 Å². The summed E-state index contributed by atoms with van der Waals surface area (Å²) in [6.45, 7) is 3.52. The summed E-state index contributed by atoms with van der Waals surface area (Å²) in [6, 6.07) is 5.87. The molecule has 1 aromatic carbocycles. The van der Waals surface area contributed by atoms with Crippen molar-refractivity contribution in [3.8, 4) is 11.5 Å². The number of nitrogens with one attached hydrogen (secondary N) is 1. The van der Waals surface area contributed by atoms with Crippen molar-refractivity contribution in [1.82, 2.24) is 5.32 Å². The van der Waals surface area contributed by atoms with E-state index in [1.165, 1.54) is 0 Å². The molecule has 0 aliphatic heterocycles. The number of ether oxygens (including phenoxy) is 2. The summed E-state index contributed by atoms with van der Waals surface area (Å²) in [5.41, 5.74) is 3.83. The van der Waals surface area contributed by atoms with Gasteiger partial charge in [0.2, 0.25) is 0 Å². The summed E-state index contributed by atoms with van der Waals surface area (Å²) in [5.74, 6) is 1.49. The minimum absolute atomic E-state index is 0.744. The molecule has 4 heteroatoms. The van der Waals surface area contributed by atoms with Crippen molar-refractivity contribution in [2.75, 3.05) is 20.8 Å². The molecule has 0 saturated carbocycles. The molecule has 0 aromatic heterocycles. The zero-order chi connectivity index (χ0) is 12.7. The first-order valence-corrected chi connectivity index (χ1v) is 5.82. The van der Waals surface area contributed by atoms with Gasteiger partial charge in [-0.25, -0.2) is 0 Å². The number of halogens is 1. The molecule has 0 radical (unpaired) electrons. The Morgan fingerprint density at radius 2 is 2.00 bits per heavy atom. The smallest absolute Gasteiger partial charge is 0.161 e. The van der Waals surface area contributed by atoms with Crippen LogP contribution in [-0.4, -0.2) is 20.8 Å². The molecule has 1 aromatic rings. The average molecular weight is 256 g/mol. The Hall–Kier alpha value is -1.19. The fourth-order valence-electron chi connectivity index (χ4n) is 1.43. The highest BCUT2D eigenvalue weighted by atomic mass is 35.5. The monoisotopic (exact) mass is 255 g/mol. The topological polar surface area (TPSA) is 30.5 Å². The van der Waals surface area contributed by atoms with Crippen molar-refractivity contribution in [3.63, 3.8) is 0 Å². The molecule has 1 rings (SSSR count). The number of hydrogen-bond acceptors (Lipinski definition) is 3. The molecular weight excluding hydrogens is 238 g/mol. The third-order valence-corrected chi connectivity index (χ3v) is 2.74. The molecule has 0 aliphatic carbocycles. The van der Waals surface area contributed by atoms with Crippen molar-refractivity contribution in [2.24, 2.45) is 0 Å². The van der Waals surface area contributed by atoms with Crippen molar-refractivity contribution in [2.45, 2.75) is 13.5 Å². The second-order valence-electron chi connectivity index (χ2n) is 3.75. The van der Waals surface area contributed by atoms with Gasteiger partial charge >= 0.3 is 0 Å². The van der Waals surface area contributed by atoms with Gasteiger partial charge in [0.05, 0.1) is 14.2 Å². The van der Waals surface area contributed by atoms with E-state index in [2.05, 4.69) is 5.32 Å². The second kappa shape index (κ2) is 7.20. The largest absolute Gasteiger partial charge is 0.493 e. The molecule has 0 amide bonds. The van der Waals surface area contributed by atoms with E-state index in [1.807, 2.05) is 25.1 Å². The summed E-state index contributed by atoms with van der Waals surface area (Å²) in [5, 5.41) is 3.29. The summed E-state index contributed by atoms with van der Waals surface area (Å²) < 4.78 is 10.4. The molecule has 0 atom stereocenters. The molecule has 3 nitrogen and oxygen atoms in total. The quantitative estimate of drug-likeness (QED) is 0.848. The lowest BCUT2D eigenvalue weighted by Gasteiger charge is -2.10. The lowest BCUT2D eigenvalue weighted by molar-refractivity contribution is 0.354. The van der Waals surface area contributed by atoms with Crippen molar-refractivity contribution < 1.29 is 9.47 Å². The minimum Gasteiger partial charge on any atom is -0.493 e. The van der Waals surface area contributed by atoms with E-state index >= 15 is 0 Å². The predicted octanol–water partition coefficient (Wildman–Crippen LogP) is 2.94. The van der Waals surface area contributed by atoms with Crippen molar-refractivity contribution >= 4 is 11.6 Å². The fraction of sp³-hybridized carbons (Fsp3) is 0.385. The number of benzene rings is 1. The van der Waals surface area contributed by atoms with E-state index in [-0.39, 0.29) is 0 Å². The lowest BCUT2D eigenvalue weighted by Crippen LogP contribution is -2.15. The maximum Gasteiger partial charge on any atom is 0.161 e. The lowest BCUT2D eigenvalue weighted by atomic mass is 10.2. The highest BCUT2D eigenvalue weighted by molar-refractivity contribution is 6.25. The Labute approximate surface area is 107 Å². The van der Waals surface area contributed by atoms with E-state index in [0.717, 1.165) is 35.7 Å². The van der Waals surface area contributed by atoms with Crippen LogP contribution < -0.4 is 14.8 Å². The maximum absolute atomic E-state index is 5.58. The first kappa shape index (κ1) is 13.9. The Morgan fingerprint density at radius 1 is 1.29 bits per heavy atom. The third-order valence-electron chi connectivity index (χ3n) is 2.37. The standard InChI is InChI=1S/C13H18ClNO2/c1-10(7-14)8-15-9-11-4-5-12(16-2)13(6-11)17-3/h4-7,15H,8-9H2,1-3H3/b10-7+. The van der Waals surface area contributed by atoms with Crippen LogP contribution in [0.1, 0.15) is 12.5 Å². The van der Waals surface area contributed by atoms with Crippen LogP contribution in [-0.2, 0) is 6.54 Å². The predicted molar refractivity (Wildman–Crippen MR) is 70.9 cm³/mol. The van der Waals surface area contributed by atoms with E-state index in [1.54, 1.807) is 19.8 Å². The van der Waals surface area contributed by atoms with Gasteiger partial charge in [-0.1, -0.05) is 17.7 Å². The molecular formula is C13H18ClNO2. The molecule has 0 spiro atoms. The molecule has 0 unspecified atom stereocenters. The fourth-order valence-corrected chi connectivity index (χ4v) is 1.51. The van der Waals surface area contributed by atoms with Gasteiger partial charge < -0.3 is 14.8 Å². The third kappa shape index (κ3) is 4.29. The van der Waals surface area contributed by atoms with Crippen molar-refractivity contribution in [1.29, 1.82) is 0 Å². The molecule has 0 fully saturated rings.